The molecule has 0 saturated carbocycles. The van der Waals surface area contributed by atoms with Crippen molar-refractivity contribution < 1.29 is 19.4 Å². The highest BCUT2D eigenvalue weighted by atomic mass is 35.5. The van der Waals surface area contributed by atoms with Crippen molar-refractivity contribution in [2.24, 2.45) is 0 Å². The predicted octanol–water partition coefficient (Wildman–Crippen LogP) is 4.15. The van der Waals surface area contributed by atoms with Gasteiger partial charge in [0, 0.05) is 29.4 Å². The van der Waals surface area contributed by atoms with Crippen molar-refractivity contribution in [3.05, 3.63) is 100 Å². The predicted molar refractivity (Wildman–Crippen MR) is 142 cm³/mol. The Bertz CT molecular complexity index is 1280. The van der Waals surface area contributed by atoms with Crippen LogP contribution in [0.25, 0.3) is 0 Å². The molecule has 2 amide bonds. The summed E-state index contributed by atoms with van der Waals surface area (Å²) in [4.78, 5) is 28.3. The summed E-state index contributed by atoms with van der Waals surface area (Å²) >= 11 is 6.03. The Kier molecular flexibility index (Phi) is 7.58. The molecule has 37 heavy (non-hydrogen) atoms. The molecule has 0 aliphatic carbocycles. The number of piperidine rings is 1. The lowest BCUT2D eigenvalue weighted by molar-refractivity contribution is -0.137. The van der Waals surface area contributed by atoms with E-state index in [1.54, 1.807) is 18.2 Å². The van der Waals surface area contributed by atoms with Crippen LogP contribution in [0.2, 0.25) is 5.02 Å². The molecule has 0 radical (unpaired) electrons. The summed E-state index contributed by atoms with van der Waals surface area (Å²) in [5, 5.41) is 16.2. The Morgan fingerprint density at radius 2 is 1.76 bits per heavy atom. The molecule has 1 unspecified atom stereocenters. The number of anilines is 1. The largest absolute Gasteiger partial charge is 0.392 e. The Labute approximate surface area is 221 Å². The minimum atomic E-state index is -0.756. The molecule has 192 valence electrons. The van der Waals surface area contributed by atoms with E-state index in [2.05, 4.69) is 22.8 Å². The fourth-order valence-electron chi connectivity index (χ4n) is 5.24. The fourth-order valence-corrected chi connectivity index (χ4v) is 5.44. The van der Waals surface area contributed by atoms with Crippen molar-refractivity contribution in [3.8, 4) is 0 Å². The number of fused-ring (bicyclic) bond motifs is 2. The molecule has 1 spiro atoms. The second-order valence-corrected chi connectivity index (χ2v) is 9.93. The van der Waals surface area contributed by atoms with Crippen LogP contribution in [0.3, 0.4) is 0 Å². The van der Waals surface area contributed by atoms with Gasteiger partial charge in [0.2, 0.25) is 11.8 Å². The second-order valence-electron chi connectivity index (χ2n) is 9.49. The summed E-state index contributed by atoms with van der Waals surface area (Å²) in [6, 6.07) is 21.7. The highest BCUT2D eigenvalue weighted by Crippen LogP contribution is 2.43. The third-order valence-corrected chi connectivity index (χ3v) is 7.52. The van der Waals surface area contributed by atoms with Crippen LogP contribution in [0.1, 0.15) is 41.1 Å². The number of ether oxygens (including phenoxy) is 1. The first kappa shape index (κ1) is 25.4. The van der Waals surface area contributed by atoms with Gasteiger partial charge in [-0.3, -0.25) is 14.9 Å². The summed E-state index contributed by atoms with van der Waals surface area (Å²) < 4.78 is 6.22. The Morgan fingerprint density at radius 3 is 2.51 bits per heavy atom. The number of rotatable bonds is 7. The van der Waals surface area contributed by atoms with Gasteiger partial charge in [-0.05, 0) is 47.7 Å². The Balaban J connectivity index is 1.24. The molecule has 2 aliphatic heterocycles. The first-order valence-electron chi connectivity index (χ1n) is 12.5. The van der Waals surface area contributed by atoms with Gasteiger partial charge >= 0.3 is 0 Å². The van der Waals surface area contributed by atoms with E-state index < -0.39 is 6.04 Å². The smallest absolute Gasteiger partial charge is 0.246 e. The number of benzene rings is 3. The van der Waals surface area contributed by atoms with Gasteiger partial charge in [0.05, 0.1) is 25.4 Å². The topological polar surface area (TPSA) is 90.9 Å². The standard InChI is InChI=1S/C29H30ClN3O4/c30-23-10-11-25(22(16-23)18-34)32-28(36)27(20-6-2-1-3-7-20)31-17-26(35)33-14-12-29(13-15-33)24-9-5-4-8-21(24)19-37-29/h1-11,16,27,31,34H,12-15,17-19H2,(H,32,36). The van der Waals surface area contributed by atoms with Crippen molar-refractivity contribution in [1.82, 2.24) is 10.2 Å². The van der Waals surface area contributed by atoms with Gasteiger partial charge in [-0.1, -0.05) is 66.2 Å². The Morgan fingerprint density at radius 1 is 1.03 bits per heavy atom. The normalized spacial score (nSPS) is 16.9. The number of halogens is 1. The first-order chi connectivity index (χ1) is 18.0. The molecule has 2 aliphatic rings. The van der Waals surface area contributed by atoms with E-state index in [-0.39, 0.29) is 30.6 Å². The average molecular weight is 520 g/mol. The van der Waals surface area contributed by atoms with Gasteiger partial charge in [-0.25, -0.2) is 0 Å². The molecular weight excluding hydrogens is 490 g/mol. The lowest BCUT2D eigenvalue weighted by Crippen LogP contribution is -2.48. The van der Waals surface area contributed by atoms with Crippen LogP contribution in [0.15, 0.2) is 72.8 Å². The zero-order valence-electron chi connectivity index (χ0n) is 20.5. The molecular formula is C29H30ClN3O4. The van der Waals surface area contributed by atoms with Gasteiger partial charge in [0.15, 0.2) is 0 Å². The van der Waals surface area contributed by atoms with Gasteiger partial charge in [-0.2, -0.15) is 0 Å². The number of likely N-dealkylation sites (tertiary alicyclic amines) is 1. The minimum absolute atomic E-state index is 0.0188. The van der Waals surface area contributed by atoms with Crippen LogP contribution in [0.5, 0.6) is 0 Å². The molecule has 7 nitrogen and oxygen atoms in total. The molecule has 2 heterocycles. The zero-order chi connectivity index (χ0) is 25.8. The zero-order valence-corrected chi connectivity index (χ0v) is 21.2. The molecule has 1 atom stereocenters. The Hall–Kier alpha value is -3.23. The van der Waals surface area contributed by atoms with Crippen LogP contribution < -0.4 is 10.6 Å². The molecule has 3 aromatic rings. The molecule has 1 saturated heterocycles. The number of hydrogen-bond donors (Lipinski definition) is 3. The maximum atomic E-state index is 13.3. The maximum Gasteiger partial charge on any atom is 0.246 e. The van der Waals surface area contributed by atoms with Gasteiger partial charge in [0.1, 0.15) is 6.04 Å². The van der Waals surface area contributed by atoms with Crippen LogP contribution >= 0.6 is 11.6 Å². The van der Waals surface area contributed by atoms with E-state index in [1.165, 1.54) is 11.1 Å². The highest BCUT2D eigenvalue weighted by Gasteiger charge is 2.43. The van der Waals surface area contributed by atoms with Crippen LogP contribution in [0.4, 0.5) is 5.69 Å². The molecule has 1 fully saturated rings. The number of carbonyl (C=O) groups excluding carboxylic acids is 2. The van der Waals surface area contributed by atoms with Crippen LogP contribution in [-0.2, 0) is 33.1 Å². The summed E-state index contributed by atoms with van der Waals surface area (Å²) in [6.45, 7) is 1.57. The van der Waals surface area contributed by atoms with Crippen LogP contribution in [-0.4, -0.2) is 41.5 Å². The summed E-state index contributed by atoms with van der Waals surface area (Å²) in [6.07, 6.45) is 1.50. The SMILES string of the molecule is O=C(Nc1ccc(Cl)cc1CO)C(NCC(=O)N1CCC2(CC1)OCc1ccccc12)c1ccccc1. The lowest BCUT2D eigenvalue weighted by atomic mass is 9.84. The summed E-state index contributed by atoms with van der Waals surface area (Å²) in [5.41, 5.74) is 3.89. The molecule has 0 bridgehead atoms. The summed E-state index contributed by atoms with van der Waals surface area (Å²) in [7, 11) is 0. The quantitative estimate of drug-likeness (QED) is 0.436. The molecule has 0 aromatic heterocycles. The van der Waals surface area contributed by atoms with Crippen molar-refractivity contribution in [3.63, 3.8) is 0 Å². The minimum Gasteiger partial charge on any atom is -0.392 e. The average Bonchev–Trinajstić information content (AvgIpc) is 3.28. The van der Waals surface area contributed by atoms with E-state index in [4.69, 9.17) is 16.3 Å². The molecule has 3 N–H and O–H groups in total. The fraction of sp³-hybridized carbons (Fsp3) is 0.310. The second kappa shape index (κ2) is 11.0. The number of hydrogen-bond acceptors (Lipinski definition) is 5. The van der Waals surface area contributed by atoms with E-state index in [0.717, 1.165) is 18.4 Å². The van der Waals surface area contributed by atoms with Crippen molar-refractivity contribution in [2.45, 2.75) is 37.7 Å². The van der Waals surface area contributed by atoms with Crippen molar-refractivity contribution >= 4 is 29.1 Å². The third kappa shape index (κ3) is 5.40. The lowest BCUT2D eigenvalue weighted by Gasteiger charge is -2.39. The maximum absolute atomic E-state index is 13.3. The number of aliphatic hydroxyl groups excluding tert-OH is 1. The van der Waals surface area contributed by atoms with Gasteiger partial charge in [0.25, 0.3) is 0 Å². The third-order valence-electron chi connectivity index (χ3n) is 7.28. The monoisotopic (exact) mass is 519 g/mol. The van der Waals surface area contributed by atoms with Crippen molar-refractivity contribution in [1.29, 1.82) is 0 Å². The molecule has 8 heteroatoms. The number of nitrogens with one attached hydrogen (secondary N) is 2. The molecule has 3 aromatic carbocycles. The highest BCUT2D eigenvalue weighted by molar-refractivity contribution is 6.30. The van der Waals surface area contributed by atoms with Gasteiger partial charge < -0.3 is 20.1 Å². The van der Waals surface area contributed by atoms with E-state index in [1.807, 2.05) is 47.4 Å². The molecule has 5 rings (SSSR count). The van der Waals surface area contributed by atoms with Crippen LogP contribution in [0, 0.1) is 0 Å². The number of carbonyl (C=O) groups is 2. The van der Waals surface area contributed by atoms with E-state index in [9.17, 15) is 14.7 Å². The first-order valence-corrected chi connectivity index (χ1v) is 12.9. The summed E-state index contributed by atoms with van der Waals surface area (Å²) in [5.74, 6) is -0.387. The number of nitrogens with zero attached hydrogens (tertiary/aromatic N) is 1. The number of aliphatic hydroxyl groups is 1. The van der Waals surface area contributed by atoms with Gasteiger partial charge in [-0.15, -0.1) is 0 Å². The number of amides is 2. The van der Waals surface area contributed by atoms with Crippen molar-refractivity contribution in [2.75, 3.05) is 25.0 Å². The van der Waals surface area contributed by atoms with E-state index in [0.29, 0.717) is 36.0 Å². The van der Waals surface area contributed by atoms with E-state index >= 15 is 0 Å².